The van der Waals surface area contributed by atoms with Crippen molar-refractivity contribution in [2.75, 3.05) is 5.32 Å². The van der Waals surface area contributed by atoms with Crippen LogP contribution in [0.2, 0.25) is 0 Å². The molecule has 5 nitrogen and oxygen atoms in total. The van der Waals surface area contributed by atoms with Gasteiger partial charge in [0.1, 0.15) is 16.5 Å². The molecule has 0 fully saturated rings. The second-order valence-electron chi connectivity index (χ2n) is 4.01. The first kappa shape index (κ1) is 13.8. The summed E-state index contributed by atoms with van der Waals surface area (Å²) in [5.41, 5.74) is 0.712. The van der Waals surface area contributed by atoms with Crippen LogP contribution in [0, 0.1) is 0 Å². The lowest BCUT2D eigenvalue weighted by Crippen LogP contribution is -2.13. The van der Waals surface area contributed by atoms with E-state index in [-0.39, 0.29) is 22.1 Å². The number of anilines is 1. The number of phenols is 2. The number of thiocarbonyl (C=S) groups is 1. The molecule has 0 radical (unpaired) electrons. The molecule has 2 aromatic rings. The van der Waals surface area contributed by atoms with Gasteiger partial charge in [0.15, 0.2) is 0 Å². The molecular weight excluding hydrogens is 278 g/mol. The third kappa shape index (κ3) is 2.86. The zero-order chi connectivity index (χ0) is 14.7. The number of aromatic hydroxyl groups is 2. The molecule has 2 aromatic carbocycles. The molecule has 6 heteroatoms. The van der Waals surface area contributed by atoms with E-state index in [0.717, 1.165) is 6.07 Å². The molecule has 4 N–H and O–H groups in total. The minimum atomic E-state index is -1.08. The van der Waals surface area contributed by atoms with Gasteiger partial charge in [-0.1, -0.05) is 24.4 Å². The minimum absolute atomic E-state index is 0.0770. The molecule has 0 aliphatic carbocycles. The summed E-state index contributed by atoms with van der Waals surface area (Å²) in [5, 5.41) is 30.8. The van der Waals surface area contributed by atoms with Crippen molar-refractivity contribution in [3.63, 3.8) is 0 Å². The fourth-order valence-corrected chi connectivity index (χ4v) is 1.96. The molecule has 0 saturated carbocycles. The van der Waals surface area contributed by atoms with E-state index < -0.39 is 5.97 Å². The molecule has 2 rings (SSSR count). The summed E-state index contributed by atoms with van der Waals surface area (Å²) in [4.78, 5) is 11.2. The first-order valence-electron chi connectivity index (χ1n) is 5.64. The third-order valence-electron chi connectivity index (χ3n) is 2.63. The van der Waals surface area contributed by atoms with Crippen molar-refractivity contribution in [3.8, 4) is 11.5 Å². The number of carbonyl (C=O) groups is 1. The number of phenolic OH excluding ortho intramolecular Hbond substituents is 2. The van der Waals surface area contributed by atoms with Crippen LogP contribution in [0.15, 0.2) is 42.5 Å². The topological polar surface area (TPSA) is 89.8 Å². The Morgan fingerprint density at radius 1 is 1.05 bits per heavy atom. The number of nitrogens with one attached hydrogen (secondary N) is 1. The standard InChI is InChI=1S/C14H11NO4S/c16-8-5-6-10(12(17)7-8)13(20)15-11-4-2-1-3-9(11)14(18)19/h1-7,16-17H,(H,15,20)(H,18,19). The van der Waals surface area contributed by atoms with Crippen LogP contribution in [0.5, 0.6) is 11.5 Å². The maximum atomic E-state index is 11.1. The Morgan fingerprint density at radius 2 is 1.75 bits per heavy atom. The number of para-hydroxylation sites is 1. The van der Waals surface area contributed by atoms with E-state index in [2.05, 4.69) is 5.32 Å². The van der Waals surface area contributed by atoms with Crippen molar-refractivity contribution in [3.05, 3.63) is 53.6 Å². The van der Waals surface area contributed by atoms with Gasteiger partial charge < -0.3 is 20.6 Å². The molecule has 0 atom stereocenters. The summed E-state index contributed by atoms with van der Waals surface area (Å²) in [6, 6.07) is 10.3. The van der Waals surface area contributed by atoms with E-state index in [4.69, 9.17) is 17.3 Å². The van der Waals surface area contributed by atoms with Crippen LogP contribution in [-0.4, -0.2) is 26.3 Å². The second-order valence-corrected chi connectivity index (χ2v) is 4.41. The lowest BCUT2D eigenvalue weighted by atomic mass is 10.1. The van der Waals surface area contributed by atoms with Gasteiger partial charge in [0, 0.05) is 6.07 Å². The first-order chi connectivity index (χ1) is 9.49. The Labute approximate surface area is 120 Å². The molecule has 0 aromatic heterocycles. The van der Waals surface area contributed by atoms with Gasteiger partial charge in [-0.2, -0.15) is 0 Å². The van der Waals surface area contributed by atoms with Crippen molar-refractivity contribution >= 4 is 28.9 Å². The molecule has 0 heterocycles. The third-order valence-corrected chi connectivity index (χ3v) is 2.95. The maximum Gasteiger partial charge on any atom is 0.337 e. The molecule has 0 unspecified atom stereocenters. The molecule has 20 heavy (non-hydrogen) atoms. The Bertz CT molecular complexity index is 685. The van der Waals surface area contributed by atoms with Gasteiger partial charge in [-0.25, -0.2) is 4.79 Å². The maximum absolute atomic E-state index is 11.1. The Morgan fingerprint density at radius 3 is 2.40 bits per heavy atom. The van der Waals surface area contributed by atoms with Crippen molar-refractivity contribution in [1.82, 2.24) is 0 Å². The van der Waals surface area contributed by atoms with Crippen LogP contribution >= 0.6 is 12.2 Å². The number of carboxylic acid groups (broad SMARTS) is 1. The summed E-state index contributed by atoms with van der Waals surface area (Å²) in [7, 11) is 0. The smallest absolute Gasteiger partial charge is 0.337 e. The average molecular weight is 289 g/mol. The Balaban J connectivity index is 2.30. The van der Waals surface area contributed by atoms with E-state index in [0.29, 0.717) is 11.3 Å². The molecule has 0 spiro atoms. The Hall–Kier alpha value is -2.60. The van der Waals surface area contributed by atoms with Crippen LogP contribution in [0.25, 0.3) is 0 Å². The number of carboxylic acids is 1. The van der Waals surface area contributed by atoms with Crippen molar-refractivity contribution < 1.29 is 20.1 Å². The number of rotatable bonds is 3. The fraction of sp³-hybridized carbons (Fsp3) is 0. The highest BCUT2D eigenvalue weighted by molar-refractivity contribution is 7.81. The van der Waals surface area contributed by atoms with Gasteiger partial charge in [0.2, 0.25) is 0 Å². The van der Waals surface area contributed by atoms with Gasteiger partial charge in [-0.15, -0.1) is 0 Å². The van der Waals surface area contributed by atoms with Crippen LogP contribution in [-0.2, 0) is 0 Å². The zero-order valence-electron chi connectivity index (χ0n) is 10.2. The highest BCUT2D eigenvalue weighted by atomic mass is 32.1. The minimum Gasteiger partial charge on any atom is -0.508 e. The molecule has 0 saturated heterocycles. The number of aromatic carboxylic acids is 1. The molecule has 0 amide bonds. The van der Waals surface area contributed by atoms with E-state index in [9.17, 15) is 15.0 Å². The number of benzene rings is 2. The summed E-state index contributed by atoms with van der Waals surface area (Å²) in [5.74, 6) is -1.35. The van der Waals surface area contributed by atoms with Crippen molar-refractivity contribution in [1.29, 1.82) is 0 Å². The van der Waals surface area contributed by atoms with Crippen molar-refractivity contribution in [2.24, 2.45) is 0 Å². The van der Waals surface area contributed by atoms with Crippen LogP contribution in [0.1, 0.15) is 15.9 Å². The van der Waals surface area contributed by atoms with E-state index >= 15 is 0 Å². The molecule has 0 aliphatic heterocycles. The average Bonchev–Trinajstić information content (AvgIpc) is 2.38. The van der Waals surface area contributed by atoms with Crippen LogP contribution in [0.3, 0.4) is 0 Å². The highest BCUT2D eigenvalue weighted by Crippen LogP contribution is 2.24. The predicted molar refractivity (Wildman–Crippen MR) is 78.5 cm³/mol. The second kappa shape index (κ2) is 5.58. The van der Waals surface area contributed by atoms with E-state index in [1.165, 1.54) is 18.2 Å². The normalized spacial score (nSPS) is 10.0. The summed E-state index contributed by atoms with van der Waals surface area (Å²) >= 11 is 5.13. The molecule has 0 aliphatic rings. The van der Waals surface area contributed by atoms with Gasteiger partial charge in [0.25, 0.3) is 0 Å². The fourth-order valence-electron chi connectivity index (χ4n) is 1.68. The SMILES string of the molecule is O=C(O)c1ccccc1NC(=S)c1ccc(O)cc1O. The quantitative estimate of drug-likeness (QED) is 0.649. The van der Waals surface area contributed by atoms with E-state index in [1.807, 2.05) is 0 Å². The molecule has 102 valence electrons. The van der Waals surface area contributed by atoms with Crippen LogP contribution < -0.4 is 5.32 Å². The van der Waals surface area contributed by atoms with Gasteiger partial charge in [-0.05, 0) is 24.3 Å². The predicted octanol–water partition coefficient (Wildman–Crippen LogP) is 2.58. The largest absolute Gasteiger partial charge is 0.508 e. The Kier molecular flexibility index (Phi) is 3.86. The monoisotopic (exact) mass is 289 g/mol. The van der Waals surface area contributed by atoms with E-state index in [1.54, 1.807) is 18.2 Å². The van der Waals surface area contributed by atoms with Crippen molar-refractivity contribution in [2.45, 2.75) is 0 Å². The summed E-state index contributed by atoms with van der Waals surface area (Å²) in [6.07, 6.45) is 0. The zero-order valence-corrected chi connectivity index (χ0v) is 11.0. The summed E-state index contributed by atoms with van der Waals surface area (Å²) < 4.78 is 0. The number of hydrogen-bond acceptors (Lipinski definition) is 4. The molecular formula is C14H11NO4S. The van der Waals surface area contributed by atoms with Gasteiger partial charge in [0.05, 0.1) is 16.8 Å². The lowest BCUT2D eigenvalue weighted by molar-refractivity contribution is 0.0698. The van der Waals surface area contributed by atoms with Gasteiger partial charge >= 0.3 is 5.97 Å². The summed E-state index contributed by atoms with van der Waals surface area (Å²) in [6.45, 7) is 0. The molecule has 0 bridgehead atoms. The highest BCUT2D eigenvalue weighted by Gasteiger charge is 2.13. The lowest BCUT2D eigenvalue weighted by Gasteiger charge is -2.11. The van der Waals surface area contributed by atoms with Crippen LogP contribution in [0.4, 0.5) is 5.69 Å². The first-order valence-corrected chi connectivity index (χ1v) is 6.05. The van der Waals surface area contributed by atoms with Gasteiger partial charge in [-0.3, -0.25) is 0 Å². The number of hydrogen-bond donors (Lipinski definition) is 4.